The molecule has 0 aromatic heterocycles. The molecule has 3 nitrogen and oxygen atoms in total. The summed E-state index contributed by atoms with van der Waals surface area (Å²) >= 11 is 0. The summed E-state index contributed by atoms with van der Waals surface area (Å²) in [5, 5.41) is 22.7. The van der Waals surface area contributed by atoms with Crippen LogP contribution < -0.4 is 0 Å². The zero-order valence-corrected chi connectivity index (χ0v) is 17.1. The van der Waals surface area contributed by atoms with Gasteiger partial charge < -0.3 is 22.2 Å². The molecule has 20 heavy (non-hydrogen) atoms. The van der Waals surface area contributed by atoms with E-state index in [1.165, 1.54) is 5.56 Å². The van der Waals surface area contributed by atoms with E-state index in [0.717, 1.165) is 0 Å². The molecule has 0 aliphatic rings. The average Bonchev–Trinajstić information content (AvgIpc) is 2.32. The van der Waals surface area contributed by atoms with Crippen LogP contribution in [-0.2, 0) is 31.3 Å². The van der Waals surface area contributed by atoms with Gasteiger partial charge in [-0.2, -0.15) is 0 Å². The number of hydrogen-bond donors (Lipinski definition) is 3. The molecular weight excluding hydrogens is 419 g/mol. The van der Waals surface area contributed by atoms with Crippen molar-refractivity contribution in [1.82, 2.24) is 0 Å². The van der Waals surface area contributed by atoms with E-state index in [0.29, 0.717) is 0 Å². The summed E-state index contributed by atoms with van der Waals surface area (Å²) in [6.45, 7) is 14.1. The molecule has 0 atom stereocenters. The van der Waals surface area contributed by atoms with Crippen LogP contribution >= 0.6 is 0 Å². The van der Waals surface area contributed by atoms with Crippen LogP contribution in [0.5, 0.6) is 0 Å². The molecule has 4 heteroatoms. The van der Waals surface area contributed by atoms with Crippen molar-refractivity contribution in [1.29, 1.82) is 0 Å². The van der Waals surface area contributed by atoms with Gasteiger partial charge in [0.2, 0.25) is 0 Å². The number of aliphatic hydroxyl groups excluding tert-OH is 3. The quantitative estimate of drug-likeness (QED) is 0.456. The van der Waals surface area contributed by atoms with Crippen LogP contribution in [0.4, 0.5) is 0 Å². The number of rotatable bonds is 1. The summed E-state index contributed by atoms with van der Waals surface area (Å²) in [6.07, 6.45) is 0. The van der Waals surface area contributed by atoms with E-state index in [9.17, 15) is 0 Å². The van der Waals surface area contributed by atoms with Gasteiger partial charge in [0, 0.05) is 45.7 Å². The zero-order valence-electron chi connectivity index (χ0n) is 13.6. The first-order valence-corrected chi connectivity index (χ1v) is 6.58. The van der Waals surface area contributed by atoms with Gasteiger partial charge in [-0.25, -0.2) is 0 Å². The van der Waals surface area contributed by atoms with Crippen LogP contribution in [0.3, 0.4) is 0 Å². The fourth-order valence-electron chi connectivity index (χ4n) is 0.889. The second-order valence-electron chi connectivity index (χ2n) is 4.20. The SMILES string of the molecule is CCO.CCO.CCO.[CH2-]C(C)(C)c1ccccc1.[Hf]. The van der Waals surface area contributed by atoms with Gasteiger partial charge in [-0.15, -0.1) is 5.41 Å². The molecule has 0 radical (unpaired) electrons. The summed E-state index contributed by atoms with van der Waals surface area (Å²) in [5.41, 5.74) is 1.33. The van der Waals surface area contributed by atoms with E-state index in [2.05, 4.69) is 32.9 Å². The van der Waals surface area contributed by atoms with Gasteiger partial charge >= 0.3 is 0 Å². The van der Waals surface area contributed by atoms with E-state index in [1.807, 2.05) is 18.2 Å². The fraction of sp³-hybridized carbons (Fsp3) is 0.562. The van der Waals surface area contributed by atoms with Gasteiger partial charge in [-0.3, -0.25) is 0 Å². The molecule has 1 aromatic rings. The monoisotopic (exact) mass is 451 g/mol. The summed E-state index contributed by atoms with van der Waals surface area (Å²) in [6, 6.07) is 10.3. The molecule has 0 heterocycles. The van der Waals surface area contributed by atoms with Crippen LogP contribution in [-0.4, -0.2) is 35.1 Å². The predicted molar refractivity (Wildman–Crippen MR) is 83.1 cm³/mol. The maximum atomic E-state index is 7.57. The van der Waals surface area contributed by atoms with Crippen molar-refractivity contribution in [3.8, 4) is 0 Å². The number of benzene rings is 1. The minimum Gasteiger partial charge on any atom is -0.397 e. The Morgan fingerprint density at radius 2 is 1.10 bits per heavy atom. The summed E-state index contributed by atoms with van der Waals surface area (Å²) in [7, 11) is 0. The Morgan fingerprint density at radius 1 is 0.850 bits per heavy atom. The third-order valence-corrected chi connectivity index (χ3v) is 1.56. The Hall–Kier alpha value is -0.0299. The molecule has 0 aliphatic heterocycles. The van der Waals surface area contributed by atoms with Gasteiger partial charge in [-0.05, 0) is 20.8 Å². The minimum atomic E-state index is 0. The predicted octanol–water partition coefficient (Wildman–Crippen LogP) is 2.79. The van der Waals surface area contributed by atoms with Crippen LogP contribution in [0, 0.1) is 6.92 Å². The third kappa shape index (κ3) is 26.5. The average molecular weight is 450 g/mol. The van der Waals surface area contributed by atoms with Crippen molar-refractivity contribution >= 4 is 0 Å². The fourth-order valence-corrected chi connectivity index (χ4v) is 0.889. The molecular formula is C16H31HfO3-. The minimum absolute atomic E-state index is 0. The molecule has 0 fully saturated rings. The second-order valence-corrected chi connectivity index (χ2v) is 4.20. The van der Waals surface area contributed by atoms with Crippen LogP contribution in [0.1, 0.15) is 40.2 Å². The molecule has 0 spiro atoms. The van der Waals surface area contributed by atoms with Gasteiger partial charge in [0.1, 0.15) is 0 Å². The van der Waals surface area contributed by atoms with Crippen molar-refractivity contribution < 1.29 is 41.2 Å². The van der Waals surface area contributed by atoms with Crippen molar-refractivity contribution in [2.45, 2.75) is 40.0 Å². The Labute approximate surface area is 143 Å². The van der Waals surface area contributed by atoms with Gasteiger partial charge in [-0.1, -0.05) is 49.7 Å². The van der Waals surface area contributed by atoms with Gasteiger partial charge in [0.25, 0.3) is 0 Å². The first kappa shape index (κ1) is 28.2. The van der Waals surface area contributed by atoms with E-state index < -0.39 is 0 Å². The molecule has 0 unspecified atom stereocenters. The maximum absolute atomic E-state index is 7.57. The van der Waals surface area contributed by atoms with E-state index >= 15 is 0 Å². The number of hydrogen-bond acceptors (Lipinski definition) is 3. The maximum Gasteiger partial charge on any atom is 0.0402 e. The smallest absolute Gasteiger partial charge is 0.0402 e. The molecule has 0 saturated carbocycles. The van der Waals surface area contributed by atoms with E-state index in [1.54, 1.807) is 20.8 Å². The summed E-state index contributed by atoms with van der Waals surface area (Å²) in [4.78, 5) is 0. The first-order valence-electron chi connectivity index (χ1n) is 6.58. The first-order chi connectivity index (χ1) is 8.85. The molecule has 118 valence electrons. The topological polar surface area (TPSA) is 60.7 Å². The summed E-state index contributed by atoms with van der Waals surface area (Å²) < 4.78 is 0. The van der Waals surface area contributed by atoms with Gasteiger partial charge in [0.05, 0.1) is 0 Å². The van der Waals surface area contributed by atoms with Gasteiger partial charge in [0.15, 0.2) is 0 Å². The molecule has 1 aromatic carbocycles. The standard InChI is InChI=1S/C10H13.3C2H6O.Hf/c1-10(2,3)9-7-5-4-6-8-9;3*1-2-3;/h4-8H,1H2,2-3H3;3*3H,2H2,1H3;/q-1;;;;. The summed E-state index contributed by atoms with van der Waals surface area (Å²) in [5.74, 6) is 0. The molecule has 0 aliphatic carbocycles. The number of aliphatic hydroxyl groups is 3. The van der Waals surface area contributed by atoms with Crippen molar-refractivity contribution in [2.24, 2.45) is 0 Å². The van der Waals surface area contributed by atoms with Crippen molar-refractivity contribution in [3.63, 3.8) is 0 Å². The normalized spacial score (nSPS) is 8.45. The van der Waals surface area contributed by atoms with E-state index in [-0.39, 0.29) is 51.1 Å². The molecule has 0 bridgehead atoms. The molecule has 1 rings (SSSR count). The van der Waals surface area contributed by atoms with Crippen LogP contribution in [0.25, 0.3) is 0 Å². The Morgan fingerprint density at radius 3 is 1.25 bits per heavy atom. The Balaban J connectivity index is -0.000000108. The largest absolute Gasteiger partial charge is 0.397 e. The third-order valence-electron chi connectivity index (χ3n) is 1.56. The van der Waals surface area contributed by atoms with Crippen molar-refractivity contribution in [3.05, 3.63) is 42.8 Å². The second kappa shape index (κ2) is 21.3. The van der Waals surface area contributed by atoms with Crippen LogP contribution in [0.15, 0.2) is 30.3 Å². The van der Waals surface area contributed by atoms with Crippen molar-refractivity contribution in [2.75, 3.05) is 19.8 Å². The molecule has 3 N–H and O–H groups in total. The zero-order chi connectivity index (χ0) is 15.7. The Kier molecular flexibility index (Phi) is 30.0. The molecule has 0 amide bonds. The molecule has 0 saturated heterocycles. The Bertz CT molecular complexity index is 241. The van der Waals surface area contributed by atoms with E-state index in [4.69, 9.17) is 15.3 Å². The van der Waals surface area contributed by atoms with Crippen LogP contribution in [0.2, 0.25) is 0 Å².